The molecule has 6 nitrogen and oxygen atoms in total. The summed E-state index contributed by atoms with van der Waals surface area (Å²) in [6.07, 6.45) is 1.46. The van der Waals surface area contributed by atoms with E-state index >= 15 is 0 Å². The Morgan fingerprint density at radius 3 is 2.81 bits per heavy atom. The van der Waals surface area contributed by atoms with Crippen molar-refractivity contribution in [2.75, 3.05) is 23.8 Å². The first-order valence-corrected chi connectivity index (χ1v) is 8.49. The number of nitrogen functional groups attached to an aromatic ring is 1. The van der Waals surface area contributed by atoms with Gasteiger partial charge in [0.1, 0.15) is 24.6 Å². The molecule has 0 bridgehead atoms. The standard InChI is InChI=1S/C20H20N4O2/c1-13-4-2-3-5-16(13)14-8-15-11-24(19-10-18(21)22-12-23-19)6-7-26-20(15)17(25)9-14/h2-5,8-10,12,25H,6-7,11H2,1H3,(H2,21,22,23). The molecule has 3 N–H and O–H groups in total. The summed E-state index contributed by atoms with van der Waals surface area (Å²) in [7, 11) is 0. The van der Waals surface area contributed by atoms with Gasteiger partial charge in [0.15, 0.2) is 11.5 Å². The second-order valence-corrected chi connectivity index (χ2v) is 6.37. The van der Waals surface area contributed by atoms with Crippen LogP contribution in [-0.2, 0) is 6.54 Å². The molecule has 0 fully saturated rings. The van der Waals surface area contributed by atoms with E-state index in [4.69, 9.17) is 10.5 Å². The van der Waals surface area contributed by atoms with Gasteiger partial charge in [0.05, 0.1) is 6.54 Å². The van der Waals surface area contributed by atoms with Crippen LogP contribution in [0, 0.1) is 6.92 Å². The van der Waals surface area contributed by atoms with Gasteiger partial charge in [0.2, 0.25) is 0 Å². The summed E-state index contributed by atoms with van der Waals surface area (Å²) in [5.41, 5.74) is 9.92. The van der Waals surface area contributed by atoms with Gasteiger partial charge in [-0.3, -0.25) is 0 Å². The highest BCUT2D eigenvalue weighted by Crippen LogP contribution is 2.38. The number of nitrogens with zero attached hydrogens (tertiary/aromatic N) is 3. The first kappa shape index (κ1) is 16.2. The molecule has 26 heavy (non-hydrogen) atoms. The molecule has 132 valence electrons. The summed E-state index contributed by atoms with van der Waals surface area (Å²) in [6.45, 7) is 3.72. The molecule has 0 amide bonds. The van der Waals surface area contributed by atoms with Crippen molar-refractivity contribution in [1.29, 1.82) is 0 Å². The molecule has 2 aromatic carbocycles. The predicted octanol–water partition coefficient (Wildman–Crippen LogP) is 3.14. The number of anilines is 2. The average Bonchev–Trinajstić information content (AvgIpc) is 2.85. The number of ether oxygens (including phenoxy) is 1. The van der Waals surface area contributed by atoms with E-state index in [9.17, 15) is 5.11 Å². The predicted molar refractivity (Wildman–Crippen MR) is 101 cm³/mol. The second kappa shape index (κ2) is 6.55. The van der Waals surface area contributed by atoms with E-state index in [1.165, 1.54) is 6.33 Å². The molecule has 0 saturated carbocycles. The molecule has 0 aliphatic carbocycles. The lowest BCUT2D eigenvalue weighted by atomic mass is 9.98. The monoisotopic (exact) mass is 348 g/mol. The Labute approximate surface area is 151 Å². The summed E-state index contributed by atoms with van der Waals surface area (Å²) < 4.78 is 5.82. The van der Waals surface area contributed by atoms with Crippen molar-refractivity contribution in [1.82, 2.24) is 9.97 Å². The lowest BCUT2D eigenvalue weighted by molar-refractivity contribution is 0.311. The summed E-state index contributed by atoms with van der Waals surface area (Å²) in [5.74, 6) is 1.86. The Kier molecular flexibility index (Phi) is 4.08. The number of phenolic OH excluding ortho intramolecular Hbond substituents is 1. The molecule has 4 rings (SSSR count). The SMILES string of the molecule is Cc1ccccc1-c1cc(O)c2c(c1)CN(c1cc(N)ncn1)CCO2. The second-order valence-electron chi connectivity index (χ2n) is 6.37. The Morgan fingerprint density at radius 2 is 2.00 bits per heavy atom. The van der Waals surface area contributed by atoms with E-state index in [0.29, 0.717) is 31.3 Å². The van der Waals surface area contributed by atoms with Gasteiger partial charge < -0.3 is 20.5 Å². The van der Waals surface area contributed by atoms with E-state index in [1.807, 2.05) is 12.1 Å². The van der Waals surface area contributed by atoms with Crippen molar-refractivity contribution in [3.05, 3.63) is 59.9 Å². The van der Waals surface area contributed by atoms with Gasteiger partial charge in [0, 0.05) is 18.2 Å². The van der Waals surface area contributed by atoms with Crippen molar-refractivity contribution in [3.63, 3.8) is 0 Å². The zero-order valence-corrected chi connectivity index (χ0v) is 14.5. The van der Waals surface area contributed by atoms with E-state index in [-0.39, 0.29) is 5.75 Å². The van der Waals surface area contributed by atoms with Crippen molar-refractivity contribution in [2.45, 2.75) is 13.5 Å². The first-order chi connectivity index (χ1) is 12.6. The molecule has 1 aliphatic rings. The average molecular weight is 348 g/mol. The maximum atomic E-state index is 10.5. The molecule has 0 spiro atoms. The first-order valence-electron chi connectivity index (χ1n) is 8.49. The number of aryl methyl sites for hydroxylation is 1. The van der Waals surface area contributed by atoms with Gasteiger partial charge in [-0.25, -0.2) is 9.97 Å². The third-order valence-electron chi connectivity index (χ3n) is 4.57. The van der Waals surface area contributed by atoms with Crippen LogP contribution in [0.4, 0.5) is 11.6 Å². The van der Waals surface area contributed by atoms with Crippen LogP contribution in [0.15, 0.2) is 48.8 Å². The maximum Gasteiger partial charge on any atom is 0.166 e. The minimum absolute atomic E-state index is 0.157. The van der Waals surface area contributed by atoms with E-state index in [1.54, 1.807) is 12.1 Å². The van der Waals surface area contributed by atoms with Gasteiger partial charge in [-0.1, -0.05) is 24.3 Å². The lowest BCUT2D eigenvalue weighted by Gasteiger charge is -2.21. The number of hydrogen-bond acceptors (Lipinski definition) is 6. The zero-order valence-electron chi connectivity index (χ0n) is 14.5. The Morgan fingerprint density at radius 1 is 1.15 bits per heavy atom. The van der Waals surface area contributed by atoms with Crippen LogP contribution in [0.2, 0.25) is 0 Å². The maximum absolute atomic E-state index is 10.5. The number of aromatic hydroxyl groups is 1. The quantitative estimate of drug-likeness (QED) is 0.740. The minimum Gasteiger partial charge on any atom is -0.504 e. The van der Waals surface area contributed by atoms with Crippen molar-refractivity contribution >= 4 is 11.6 Å². The Bertz CT molecular complexity index is 958. The molecule has 0 radical (unpaired) electrons. The lowest BCUT2D eigenvalue weighted by Crippen LogP contribution is -2.26. The fourth-order valence-electron chi connectivity index (χ4n) is 3.28. The fraction of sp³-hybridized carbons (Fsp3) is 0.200. The Balaban J connectivity index is 1.76. The van der Waals surface area contributed by atoms with Crippen molar-refractivity contribution in [3.8, 4) is 22.6 Å². The third-order valence-corrected chi connectivity index (χ3v) is 4.57. The summed E-state index contributed by atoms with van der Waals surface area (Å²) >= 11 is 0. The highest BCUT2D eigenvalue weighted by atomic mass is 16.5. The molecule has 1 aliphatic heterocycles. The number of rotatable bonds is 2. The highest BCUT2D eigenvalue weighted by molar-refractivity contribution is 5.72. The molecule has 0 unspecified atom stereocenters. The summed E-state index contributed by atoms with van der Waals surface area (Å²) in [5, 5.41) is 10.5. The topological polar surface area (TPSA) is 84.5 Å². The summed E-state index contributed by atoms with van der Waals surface area (Å²) in [4.78, 5) is 10.3. The van der Waals surface area contributed by atoms with Crippen molar-refractivity contribution in [2.24, 2.45) is 0 Å². The van der Waals surface area contributed by atoms with E-state index in [2.05, 4.69) is 40.0 Å². The van der Waals surface area contributed by atoms with Gasteiger partial charge in [-0.15, -0.1) is 0 Å². The number of benzene rings is 2. The third kappa shape index (κ3) is 3.01. The van der Waals surface area contributed by atoms with Gasteiger partial charge in [-0.05, 0) is 35.7 Å². The van der Waals surface area contributed by atoms with Crippen LogP contribution in [-0.4, -0.2) is 28.2 Å². The van der Waals surface area contributed by atoms with Gasteiger partial charge in [0.25, 0.3) is 0 Å². The molecule has 0 atom stereocenters. The fourth-order valence-corrected chi connectivity index (χ4v) is 3.28. The van der Waals surface area contributed by atoms with Crippen LogP contribution in [0.3, 0.4) is 0 Å². The highest BCUT2D eigenvalue weighted by Gasteiger charge is 2.21. The van der Waals surface area contributed by atoms with Crippen LogP contribution < -0.4 is 15.4 Å². The van der Waals surface area contributed by atoms with Crippen LogP contribution in [0.5, 0.6) is 11.5 Å². The molecule has 6 heteroatoms. The molecule has 1 aromatic heterocycles. The molecule has 3 aromatic rings. The van der Waals surface area contributed by atoms with E-state index in [0.717, 1.165) is 28.1 Å². The number of fused-ring (bicyclic) bond motifs is 1. The summed E-state index contributed by atoms with van der Waals surface area (Å²) in [6, 6.07) is 13.7. The van der Waals surface area contributed by atoms with Crippen LogP contribution in [0.1, 0.15) is 11.1 Å². The Hall–Kier alpha value is -3.28. The van der Waals surface area contributed by atoms with Gasteiger partial charge >= 0.3 is 0 Å². The molecule has 0 saturated heterocycles. The van der Waals surface area contributed by atoms with Gasteiger partial charge in [-0.2, -0.15) is 0 Å². The molecular weight excluding hydrogens is 328 g/mol. The number of aromatic nitrogens is 2. The number of phenols is 1. The smallest absolute Gasteiger partial charge is 0.166 e. The number of hydrogen-bond donors (Lipinski definition) is 2. The molecule has 2 heterocycles. The van der Waals surface area contributed by atoms with Crippen LogP contribution in [0.25, 0.3) is 11.1 Å². The van der Waals surface area contributed by atoms with Crippen LogP contribution >= 0.6 is 0 Å². The van der Waals surface area contributed by atoms with Crippen molar-refractivity contribution < 1.29 is 9.84 Å². The molecular formula is C20H20N4O2. The normalized spacial score (nSPS) is 13.7. The minimum atomic E-state index is 0.157. The number of nitrogens with two attached hydrogens (primary N) is 1. The largest absolute Gasteiger partial charge is 0.504 e. The zero-order chi connectivity index (χ0) is 18.1. The van der Waals surface area contributed by atoms with E-state index < -0.39 is 0 Å².